The van der Waals surface area contributed by atoms with Gasteiger partial charge in [-0.1, -0.05) is 52.0 Å². The van der Waals surface area contributed by atoms with Crippen LogP contribution < -0.4 is 15.0 Å². The summed E-state index contributed by atoms with van der Waals surface area (Å²) in [5, 5.41) is 2.98. The summed E-state index contributed by atoms with van der Waals surface area (Å²) >= 11 is 0. The van der Waals surface area contributed by atoms with Crippen LogP contribution in [-0.2, 0) is 16.0 Å². The summed E-state index contributed by atoms with van der Waals surface area (Å²) in [4.78, 5) is 27.4. The van der Waals surface area contributed by atoms with Crippen LogP contribution in [0.25, 0.3) is 0 Å². The van der Waals surface area contributed by atoms with Gasteiger partial charge in [0.25, 0.3) is 0 Å². The monoisotopic (exact) mass is 394 g/mol. The van der Waals surface area contributed by atoms with E-state index in [2.05, 4.69) is 24.4 Å². The summed E-state index contributed by atoms with van der Waals surface area (Å²) in [7, 11) is 0. The minimum absolute atomic E-state index is 0.0370. The van der Waals surface area contributed by atoms with Gasteiger partial charge < -0.3 is 15.0 Å². The molecule has 1 heterocycles. The predicted octanol–water partition coefficient (Wildman–Crippen LogP) is 4.76. The highest BCUT2D eigenvalue weighted by molar-refractivity contribution is 6.00. The third kappa shape index (κ3) is 4.61. The normalized spacial score (nSPS) is 14.6. The van der Waals surface area contributed by atoms with E-state index in [4.69, 9.17) is 4.74 Å². The molecule has 0 fully saturated rings. The molecular weight excluding hydrogens is 364 g/mol. The lowest BCUT2D eigenvalue weighted by molar-refractivity contribution is -0.126. The van der Waals surface area contributed by atoms with Crippen LogP contribution in [0.2, 0.25) is 0 Å². The zero-order valence-corrected chi connectivity index (χ0v) is 17.9. The zero-order valence-electron chi connectivity index (χ0n) is 17.9. The van der Waals surface area contributed by atoms with E-state index in [1.165, 1.54) is 5.56 Å². The molecule has 1 atom stereocenters. The SMILES string of the molecule is CCc1ccc(C(C)C(=O)Nc2ccc3c(c2)N(C(=O)C(C)(C)C)CCO3)cc1. The highest BCUT2D eigenvalue weighted by Crippen LogP contribution is 2.36. The van der Waals surface area contributed by atoms with Gasteiger partial charge in [0.1, 0.15) is 12.4 Å². The third-order valence-corrected chi connectivity index (χ3v) is 5.26. The summed E-state index contributed by atoms with van der Waals surface area (Å²) in [5.74, 6) is 0.338. The van der Waals surface area contributed by atoms with Crippen molar-refractivity contribution in [2.45, 2.75) is 47.0 Å². The average molecular weight is 395 g/mol. The van der Waals surface area contributed by atoms with Gasteiger partial charge in [-0.25, -0.2) is 0 Å². The molecule has 0 radical (unpaired) electrons. The van der Waals surface area contributed by atoms with Crippen molar-refractivity contribution in [2.24, 2.45) is 5.41 Å². The molecule has 3 rings (SSSR count). The number of amides is 2. The van der Waals surface area contributed by atoms with E-state index in [1.54, 1.807) is 4.90 Å². The van der Waals surface area contributed by atoms with Crippen LogP contribution in [0.4, 0.5) is 11.4 Å². The smallest absolute Gasteiger partial charge is 0.232 e. The molecule has 1 aliphatic rings. The molecule has 2 aromatic rings. The van der Waals surface area contributed by atoms with E-state index >= 15 is 0 Å². The molecule has 29 heavy (non-hydrogen) atoms. The Labute approximate surface area is 173 Å². The van der Waals surface area contributed by atoms with Gasteiger partial charge in [0, 0.05) is 11.1 Å². The van der Waals surface area contributed by atoms with Crippen LogP contribution in [0.15, 0.2) is 42.5 Å². The molecule has 1 unspecified atom stereocenters. The van der Waals surface area contributed by atoms with Gasteiger partial charge in [-0.05, 0) is 42.7 Å². The molecule has 154 valence electrons. The van der Waals surface area contributed by atoms with Crippen LogP contribution in [0.5, 0.6) is 5.75 Å². The first-order chi connectivity index (χ1) is 13.7. The van der Waals surface area contributed by atoms with Crippen molar-refractivity contribution in [3.8, 4) is 5.75 Å². The van der Waals surface area contributed by atoms with E-state index in [-0.39, 0.29) is 17.7 Å². The Hall–Kier alpha value is -2.82. The van der Waals surface area contributed by atoms with Crippen molar-refractivity contribution < 1.29 is 14.3 Å². The Morgan fingerprint density at radius 2 is 1.83 bits per heavy atom. The van der Waals surface area contributed by atoms with Crippen LogP contribution in [0, 0.1) is 5.41 Å². The van der Waals surface area contributed by atoms with Crippen molar-refractivity contribution >= 4 is 23.2 Å². The van der Waals surface area contributed by atoms with Crippen molar-refractivity contribution in [3.63, 3.8) is 0 Å². The lowest BCUT2D eigenvalue weighted by Crippen LogP contribution is -2.44. The summed E-state index contributed by atoms with van der Waals surface area (Å²) < 4.78 is 5.71. The summed E-state index contributed by atoms with van der Waals surface area (Å²) in [6.07, 6.45) is 0.974. The van der Waals surface area contributed by atoms with Gasteiger partial charge in [0.2, 0.25) is 11.8 Å². The first-order valence-electron chi connectivity index (χ1n) is 10.2. The number of ether oxygens (including phenoxy) is 1. The number of anilines is 2. The Morgan fingerprint density at radius 3 is 2.45 bits per heavy atom. The average Bonchev–Trinajstić information content (AvgIpc) is 2.71. The zero-order chi connectivity index (χ0) is 21.2. The summed E-state index contributed by atoms with van der Waals surface area (Å²) in [6, 6.07) is 13.6. The van der Waals surface area contributed by atoms with Gasteiger partial charge in [-0.15, -0.1) is 0 Å². The first-order valence-corrected chi connectivity index (χ1v) is 10.2. The van der Waals surface area contributed by atoms with E-state index in [9.17, 15) is 9.59 Å². The van der Waals surface area contributed by atoms with Gasteiger partial charge in [-0.2, -0.15) is 0 Å². The maximum Gasteiger partial charge on any atom is 0.232 e. The van der Waals surface area contributed by atoms with Crippen molar-refractivity contribution in [1.82, 2.24) is 0 Å². The van der Waals surface area contributed by atoms with Gasteiger partial charge >= 0.3 is 0 Å². The predicted molar refractivity (Wildman–Crippen MR) is 117 cm³/mol. The number of carbonyl (C=O) groups is 2. The molecule has 5 heteroatoms. The second kappa shape index (κ2) is 8.27. The fraction of sp³-hybridized carbons (Fsp3) is 0.417. The maximum atomic E-state index is 12.8. The Kier molecular flexibility index (Phi) is 5.96. The Morgan fingerprint density at radius 1 is 1.14 bits per heavy atom. The van der Waals surface area contributed by atoms with Crippen LogP contribution >= 0.6 is 0 Å². The van der Waals surface area contributed by atoms with Crippen molar-refractivity contribution in [3.05, 3.63) is 53.6 Å². The van der Waals surface area contributed by atoms with E-state index in [0.29, 0.717) is 30.3 Å². The molecule has 0 bridgehead atoms. The molecule has 0 saturated heterocycles. The molecule has 0 saturated carbocycles. The highest BCUT2D eigenvalue weighted by Gasteiger charge is 2.32. The van der Waals surface area contributed by atoms with Gasteiger partial charge in [0.05, 0.1) is 18.2 Å². The number of nitrogens with zero attached hydrogens (tertiary/aromatic N) is 1. The first kappa shape index (κ1) is 20.9. The van der Waals surface area contributed by atoms with Crippen LogP contribution in [0.1, 0.15) is 51.7 Å². The third-order valence-electron chi connectivity index (χ3n) is 5.26. The molecule has 2 amide bonds. The Balaban J connectivity index is 1.79. The highest BCUT2D eigenvalue weighted by atomic mass is 16.5. The molecule has 1 N–H and O–H groups in total. The summed E-state index contributed by atoms with van der Waals surface area (Å²) in [5.41, 5.74) is 3.09. The van der Waals surface area contributed by atoms with Crippen molar-refractivity contribution in [2.75, 3.05) is 23.4 Å². The van der Waals surface area contributed by atoms with Crippen LogP contribution in [0.3, 0.4) is 0 Å². The number of hydrogen-bond acceptors (Lipinski definition) is 3. The minimum Gasteiger partial charge on any atom is -0.490 e. The topological polar surface area (TPSA) is 58.6 Å². The molecular formula is C24H30N2O3. The molecule has 1 aliphatic heterocycles. The fourth-order valence-electron chi connectivity index (χ4n) is 3.36. The quantitative estimate of drug-likeness (QED) is 0.813. The molecule has 0 aliphatic carbocycles. The van der Waals surface area contributed by atoms with E-state index in [0.717, 1.165) is 12.0 Å². The van der Waals surface area contributed by atoms with E-state index < -0.39 is 5.41 Å². The molecule has 5 nitrogen and oxygen atoms in total. The van der Waals surface area contributed by atoms with Crippen molar-refractivity contribution in [1.29, 1.82) is 0 Å². The number of hydrogen-bond donors (Lipinski definition) is 1. The number of carbonyl (C=O) groups excluding carboxylic acids is 2. The second-order valence-corrected chi connectivity index (χ2v) is 8.54. The summed E-state index contributed by atoms with van der Waals surface area (Å²) in [6.45, 7) is 10.7. The fourth-order valence-corrected chi connectivity index (χ4v) is 3.36. The molecule has 0 aromatic heterocycles. The van der Waals surface area contributed by atoms with Crippen LogP contribution in [-0.4, -0.2) is 25.0 Å². The lowest BCUT2D eigenvalue weighted by Gasteiger charge is -2.34. The van der Waals surface area contributed by atoms with Gasteiger partial charge in [-0.3, -0.25) is 9.59 Å². The lowest BCUT2D eigenvalue weighted by atomic mass is 9.94. The minimum atomic E-state index is -0.493. The number of rotatable bonds is 4. The molecule has 2 aromatic carbocycles. The number of benzene rings is 2. The maximum absolute atomic E-state index is 12.8. The van der Waals surface area contributed by atoms with E-state index in [1.807, 2.05) is 58.0 Å². The van der Waals surface area contributed by atoms with Gasteiger partial charge in [0.15, 0.2) is 0 Å². The standard InChI is InChI=1S/C24H30N2O3/c1-6-17-7-9-18(10-8-17)16(2)22(27)25-19-11-12-21-20(15-19)26(13-14-29-21)23(28)24(3,4)5/h7-12,15-16H,6,13-14H2,1-5H3,(H,25,27). The second-order valence-electron chi connectivity index (χ2n) is 8.54. The molecule has 0 spiro atoms. The largest absolute Gasteiger partial charge is 0.490 e. The number of aryl methyl sites for hydroxylation is 1. The number of nitrogens with one attached hydrogen (secondary N) is 1. The number of fused-ring (bicyclic) bond motifs is 1. The Bertz CT molecular complexity index is 897.